The Kier molecular flexibility index (Phi) is 6.09. The number of hydrogen-bond donors (Lipinski definition) is 3. The summed E-state index contributed by atoms with van der Waals surface area (Å²) in [6, 6.07) is 10.4. The molecule has 0 fully saturated rings. The minimum Gasteiger partial charge on any atom is -0.508 e. The first-order valence-corrected chi connectivity index (χ1v) is 10.3. The van der Waals surface area contributed by atoms with Crippen molar-refractivity contribution in [2.75, 3.05) is 7.11 Å². The highest BCUT2D eigenvalue weighted by atomic mass is 16.5. The number of nitrogens with zero attached hydrogens (tertiary/aromatic N) is 1. The van der Waals surface area contributed by atoms with Gasteiger partial charge in [-0.25, -0.2) is 9.78 Å². The summed E-state index contributed by atoms with van der Waals surface area (Å²) in [7, 11) is 1.35. The zero-order chi connectivity index (χ0) is 24.4. The quantitative estimate of drug-likeness (QED) is 0.293. The number of phenols is 2. The number of aromatic hydroxyl groups is 3. The number of rotatable bonds is 5. The van der Waals surface area contributed by atoms with Gasteiger partial charge in [0, 0.05) is 18.2 Å². The Morgan fingerprint density at radius 1 is 1.09 bits per heavy atom. The summed E-state index contributed by atoms with van der Waals surface area (Å²) in [5.41, 5.74) is 1.64. The zero-order valence-corrected chi connectivity index (χ0v) is 18.3. The summed E-state index contributed by atoms with van der Waals surface area (Å²) >= 11 is 0. The number of phenolic OH excluding ortho intramolecular Hbond substituents is 2. The Labute approximate surface area is 194 Å². The summed E-state index contributed by atoms with van der Waals surface area (Å²) in [5, 5.41) is 29.9. The average molecular weight is 463 g/mol. The number of aromatic nitrogens is 1. The van der Waals surface area contributed by atoms with Crippen molar-refractivity contribution in [3.63, 3.8) is 0 Å². The lowest BCUT2D eigenvalue weighted by Gasteiger charge is -2.26. The summed E-state index contributed by atoms with van der Waals surface area (Å²) in [6.45, 7) is 1.75. The fraction of sp³-hybridized carbons (Fsp3) is 0.160. The highest BCUT2D eigenvalue weighted by molar-refractivity contribution is 6.03. The van der Waals surface area contributed by atoms with Crippen LogP contribution < -0.4 is 14.2 Å². The molecule has 3 N–H and O–H groups in total. The van der Waals surface area contributed by atoms with E-state index in [0.717, 1.165) is 12.1 Å². The fourth-order valence-electron chi connectivity index (χ4n) is 3.48. The van der Waals surface area contributed by atoms with E-state index in [0.29, 0.717) is 16.8 Å². The molecule has 1 aliphatic heterocycles. The third-order valence-electron chi connectivity index (χ3n) is 5.24. The van der Waals surface area contributed by atoms with Crippen LogP contribution in [0.15, 0.2) is 48.5 Å². The Balaban J connectivity index is 1.53. The third-order valence-corrected chi connectivity index (χ3v) is 5.24. The summed E-state index contributed by atoms with van der Waals surface area (Å²) in [4.78, 5) is 28.9. The number of hydrogen-bond acceptors (Lipinski definition) is 9. The molecular weight excluding hydrogens is 442 g/mol. The van der Waals surface area contributed by atoms with Crippen LogP contribution in [-0.4, -0.2) is 39.2 Å². The second kappa shape index (κ2) is 9.14. The molecule has 4 rings (SSSR count). The Hall–Kier alpha value is -4.53. The predicted molar refractivity (Wildman–Crippen MR) is 120 cm³/mol. The third kappa shape index (κ3) is 4.63. The molecule has 0 amide bonds. The van der Waals surface area contributed by atoms with Gasteiger partial charge >= 0.3 is 5.97 Å². The van der Waals surface area contributed by atoms with E-state index >= 15 is 0 Å². The predicted octanol–water partition coefficient (Wildman–Crippen LogP) is 3.84. The average Bonchev–Trinajstić information content (AvgIpc) is 2.79. The molecule has 1 aromatic heterocycles. The van der Waals surface area contributed by atoms with E-state index in [-0.39, 0.29) is 52.4 Å². The lowest BCUT2D eigenvalue weighted by atomic mass is 9.95. The highest BCUT2D eigenvalue weighted by Crippen LogP contribution is 2.42. The summed E-state index contributed by atoms with van der Waals surface area (Å²) in [6.07, 6.45) is 1.78. The first-order chi connectivity index (χ1) is 16.2. The standard InChI is InChI=1S/C25H21NO8/c1-13-3-4-14(9-18(13)28)21-12-20(30)24-19(29)10-16(11-22(24)34-21)33-23(31)8-6-15-5-7-17(27)25(26-15)32-2/h3-11,21,27-29H,12H2,1-2H3/b8-6+/t21-/m0/s1. The van der Waals surface area contributed by atoms with Crippen molar-refractivity contribution in [2.24, 2.45) is 0 Å². The second-order valence-electron chi connectivity index (χ2n) is 7.61. The number of carbonyl (C=O) groups is 2. The monoisotopic (exact) mass is 463 g/mol. The van der Waals surface area contributed by atoms with Gasteiger partial charge in [0.25, 0.3) is 5.88 Å². The van der Waals surface area contributed by atoms with E-state index < -0.39 is 12.1 Å². The number of carbonyl (C=O) groups excluding carboxylic acids is 2. The molecule has 34 heavy (non-hydrogen) atoms. The zero-order valence-electron chi connectivity index (χ0n) is 18.3. The van der Waals surface area contributed by atoms with Gasteiger partial charge in [-0.3, -0.25) is 4.79 Å². The number of pyridine rings is 1. The number of methoxy groups -OCH3 is 1. The molecule has 3 aromatic rings. The lowest BCUT2D eigenvalue weighted by molar-refractivity contribution is -0.128. The van der Waals surface area contributed by atoms with Crippen LogP contribution in [0.4, 0.5) is 0 Å². The number of aryl methyl sites for hydroxylation is 1. The van der Waals surface area contributed by atoms with Crippen LogP contribution in [0, 0.1) is 6.92 Å². The van der Waals surface area contributed by atoms with Crippen LogP contribution in [0.3, 0.4) is 0 Å². The molecule has 2 heterocycles. The topological polar surface area (TPSA) is 135 Å². The number of Topliss-reactive ketones (excluding diaryl/α,β-unsaturated/α-hetero) is 1. The van der Waals surface area contributed by atoms with Gasteiger partial charge in [-0.05, 0) is 42.3 Å². The summed E-state index contributed by atoms with van der Waals surface area (Å²) < 4.78 is 16.1. The van der Waals surface area contributed by atoms with E-state index in [9.17, 15) is 24.9 Å². The van der Waals surface area contributed by atoms with E-state index in [2.05, 4.69) is 4.98 Å². The van der Waals surface area contributed by atoms with Crippen molar-refractivity contribution in [2.45, 2.75) is 19.4 Å². The molecule has 0 aliphatic carbocycles. The van der Waals surface area contributed by atoms with Crippen molar-refractivity contribution in [3.05, 3.63) is 70.9 Å². The molecule has 0 radical (unpaired) electrons. The molecular formula is C25H21NO8. The molecule has 9 heteroatoms. The van der Waals surface area contributed by atoms with Gasteiger partial charge in [0.05, 0.1) is 19.2 Å². The fourth-order valence-corrected chi connectivity index (χ4v) is 3.48. The van der Waals surface area contributed by atoms with Crippen molar-refractivity contribution in [1.29, 1.82) is 0 Å². The Morgan fingerprint density at radius 3 is 2.62 bits per heavy atom. The maximum absolute atomic E-state index is 12.7. The Bertz CT molecular complexity index is 1310. The molecule has 0 saturated carbocycles. The molecule has 1 atom stereocenters. The number of ether oxygens (including phenoxy) is 3. The summed E-state index contributed by atoms with van der Waals surface area (Å²) in [5.74, 6) is -1.49. The van der Waals surface area contributed by atoms with Crippen molar-refractivity contribution < 1.29 is 39.1 Å². The minimum atomic E-state index is -0.768. The van der Waals surface area contributed by atoms with Gasteiger partial charge in [0.2, 0.25) is 0 Å². The normalized spacial score (nSPS) is 15.0. The molecule has 1 aliphatic rings. The van der Waals surface area contributed by atoms with Crippen LogP contribution >= 0.6 is 0 Å². The van der Waals surface area contributed by atoms with Crippen molar-refractivity contribution >= 4 is 17.8 Å². The molecule has 9 nitrogen and oxygen atoms in total. The largest absolute Gasteiger partial charge is 0.508 e. The number of benzene rings is 2. The molecule has 2 aromatic carbocycles. The maximum Gasteiger partial charge on any atom is 0.336 e. The van der Waals surface area contributed by atoms with Crippen LogP contribution in [-0.2, 0) is 4.79 Å². The number of ketones is 1. The van der Waals surface area contributed by atoms with Crippen LogP contribution in [0.5, 0.6) is 34.6 Å². The molecule has 0 bridgehead atoms. The van der Waals surface area contributed by atoms with E-state index in [1.165, 1.54) is 37.5 Å². The van der Waals surface area contributed by atoms with Gasteiger partial charge in [-0.15, -0.1) is 0 Å². The van der Waals surface area contributed by atoms with Gasteiger partial charge in [-0.1, -0.05) is 12.1 Å². The van der Waals surface area contributed by atoms with Crippen molar-refractivity contribution in [1.82, 2.24) is 4.98 Å². The van der Waals surface area contributed by atoms with Crippen LogP contribution in [0.2, 0.25) is 0 Å². The van der Waals surface area contributed by atoms with E-state index in [1.807, 2.05) is 0 Å². The SMILES string of the molecule is COc1nc(/C=C/C(=O)Oc2cc(O)c3c(c2)O[C@H](c2ccc(C)c(O)c2)CC3=O)ccc1O. The Morgan fingerprint density at radius 2 is 1.88 bits per heavy atom. The molecule has 0 unspecified atom stereocenters. The number of fused-ring (bicyclic) bond motifs is 1. The van der Waals surface area contributed by atoms with Crippen molar-refractivity contribution in [3.8, 4) is 34.6 Å². The van der Waals surface area contributed by atoms with E-state index in [1.54, 1.807) is 19.1 Å². The lowest BCUT2D eigenvalue weighted by Crippen LogP contribution is -2.20. The molecule has 0 saturated heterocycles. The minimum absolute atomic E-state index is 0.00307. The smallest absolute Gasteiger partial charge is 0.336 e. The number of esters is 1. The van der Waals surface area contributed by atoms with Gasteiger partial charge in [-0.2, -0.15) is 0 Å². The molecule has 174 valence electrons. The van der Waals surface area contributed by atoms with Gasteiger partial charge in [0.1, 0.15) is 34.7 Å². The highest BCUT2D eigenvalue weighted by Gasteiger charge is 2.31. The first kappa shape index (κ1) is 22.7. The van der Waals surface area contributed by atoms with Crippen LogP contribution in [0.1, 0.15) is 39.7 Å². The molecule has 0 spiro atoms. The van der Waals surface area contributed by atoms with Gasteiger partial charge in [0.15, 0.2) is 11.5 Å². The maximum atomic E-state index is 12.7. The second-order valence-corrected chi connectivity index (χ2v) is 7.61. The van der Waals surface area contributed by atoms with Gasteiger partial charge < -0.3 is 29.5 Å². The first-order valence-electron chi connectivity index (χ1n) is 10.3. The van der Waals surface area contributed by atoms with Crippen LogP contribution in [0.25, 0.3) is 6.08 Å². The van der Waals surface area contributed by atoms with E-state index in [4.69, 9.17) is 14.2 Å².